The summed E-state index contributed by atoms with van der Waals surface area (Å²) in [6.07, 6.45) is 3.48. The van der Waals surface area contributed by atoms with Gasteiger partial charge in [-0.3, -0.25) is 9.78 Å². The minimum atomic E-state index is -0.551. The van der Waals surface area contributed by atoms with Crippen LogP contribution in [0.15, 0.2) is 36.7 Å². The number of rotatable bonds is 2. The lowest BCUT2D eigenvalue weighted by Crippen LogP contribution is -2.45. The number of anilines is 1. The molecule has 3 N–H and O–H groups in total. The van der Waals surface area contributed by atoms with Gasteiger partial charge >= 0.3 is 0 Å². The molecular weight excluding hydrogens is 238 g/mol. The standard InChI is InChI=1S/C15H19N3O/c1-15(2,3)13(16)14(19)18-12-6-4-5-10-9-17-8-7-11(10)12/h4-9,13H,16H2,1-3H3,(H,18,19)/t13-/m1/s1. The molecule has 0 unspecified atom stereocenters. The Bertz CT molecular complexity index is 596. The van der Waals surface area contributed by atoms with E-state index in [1.54, 1.807) is 12.4 Å². The van der Waals surface area contributed by atoms with Gasteiger partial charge in [-0.2, -0.15) is 0 Å². The molecule has 0 radical (unpaired) electrons. The lowest BCUT2D eigenvalue weighted by Gasteiger charge is -2.26. The summed E-state index contributed by atoms with van der Waals surface area (Å²) < 4.78 is 0. The van der Waals surface area contributed by atoms with E-state index < -0.39 is 6.04 Å². The second-order valence-corrected chi connectivity index (χ2v) is 5.74. The van der Waals surface area contributed by atoms with Crippen LogP contribution in [0.2, 0.25) is 0 Å². The van der Waals surface area contributed by atoms with Crippen molar-refractivity contribution < 1.29 is 4.79 Å². The van der Waals surface area contributed by atoms with Crippen LogP contribution in [0.4, 0.5) is 5.69 Å². The largest absolute Gasteiger partial charge is 0.324 e. The first-order chi connectivity index (χ1) is 8.89. The molecule has 0 saturated heterocycles. The molecule has 4 nitrogen and oxygen atoms in total. The summed E-state index contributed by atoms with van der Waals surface area (Å²) in [5, 5.41) is 4.85. The summed E-state index contributed by atoms with van der Waals surface area (Å²) in [5.41, 5.74) is 6.46. The Morgan fingerprint density at radius 2 is 2.05 bits per heavy atom. The second kappa shape index (κ2) is 4.97. The summed E-state index contributed by atoms with van der Waals surface area (Å²) in [5.74, 6) is -0.170. The number of aromatic nitrogens is 1. The molecule has 0 saturated carbocycles. The molecule has 0 aliphatic carbocycles. The van der Waals surface area contributed by atoms with Crippen molar-refractivity contribution in [1.82, 2.24) is 4.98 Å². The molecule has 100 valence electrons. The monoisotopic (exact) mass is 257 g/mol. The second-order valence-electron chi connectivity index (χ2n) is 5.74. The van der Waals surface area contributed by atoms with Gasteiger partial charge in [-0.25, -0.2) is 0 Å². The first-order valence-electron chi connectivity index (χ1n) is 6.29. The molecule has 1 amide bonds. The lowest BCUT2D eigenvalue weighted by molar-refractivity contribution is -0.119. The summed E-state index contributed by atoms with van der Waals surface area (Å²) in [6, 6.07) is 7.05. The minimum absolute atomic E-state index is 0.170. The van der Waals surface area contributed by atoms with Gasteiger partial charge in [0.25, 0.3) is 0 Å². The number of nitrogens with one attached hydrogen (secondary N) is 1. The zero-order valence-electron chi connectivity index (χ0n) is 11.5. The van der Waals surface area contributed by atoms with Gasteiger partial charge < -0.3 is 11.1 Å². The number of fused-ring (bicyclic) bond motifs is 1. The number of benzene rings is 1. The molecule has 1 aromatic carbocycles. The van der Waals surface area contributed by atoms with Gasteiger partial charge in [0.05, 0.1) is 6.04 Å². The topological polar surface area (TPSA) is 68.0 Å². The number of pyridine rings is 1. The third-order valence-corrected chi connectivity index (χ3v) is 3.15. The van der Waals surface area contributed by atoms with E-state index in [0.29, 0.717) is 0 Å². The average Bonchev–Trinajstić information content (AvgIpc) is 2.37. The van der Waals surface area contributed by atoms with E-state index in [1.165, 1.54) is 0 Å². The molecule has 19 heavy (non-hydrogen) atoms. The van der Waals surface area contributed by atoms with Gasteiger partial charge in [0.15, 0.2) is 0 Å². The number of carbonyl (C=O) groups is 1. The van der Waals surface area contributed by atoms with E-state index >= 15 is 0 Å². The molecule has 0 spiro atoms. The molecule has 1 heterocycles. The van der Waals surface area contributed by atoms with Crippen molar-refractivity contribution in [3.8, 4) is 0 Å². The van der Waals surface area contributed by atoms with Crippen molar-refractivity contribution in [3.05, 3.63) is 36.7 Å². The van der Waals surface area contributed by atoms with Crippen molar-refractivity contribution in [3.63, 3.8) is 0 Å². The number of hydrogen-bond acceptors (Lipinski definition) is 3. The molecule has 0 aliphatic heterocycles. The van der Waals surface area contributed by atoms with E-state index in [4.69, 9.17) is 5.73 Å². The normalized spacial score (nSPS) is 13.3. The Morgan fingerprint density at radius 1 is 1.32 bits per heavy atom. The predicted octanol–water partition coefficient (Wildman–Crippen LogP) is 2.55. The van der Waals surface area contributed by atoms with Gasteiger partial charge in [-0.05, 0) is 17.5 Å². The van der Waals surface area contributed by atoms with Crippen LogP contribution >= 0.6 is 0 Å². The van der Waals surface area contributed by atoms with Crippen LogP contribution in [0.25, 0.3) is 10.8 Å². The molecule has 4 heteroatoms. The number of nitrogens with two attached hydrogens (primary N) is 1. The molecule has 0 fully saturated rings. The van der Waals surface area contributed by atoms with Crippen LogP contribution in [0.5, 0.6) is 0 Å². The van der Waals surface area contributed by atoms with Crippen molar-refractivity contribution in [1.29, 1.82) is 0 Å². The van der Waals surface area contributed by atoms with Gasteiger partial charge in [-0.15, -0.1) is 0 Å². The molecule has 0 aliphatic rings. The highest BCUT2D eigenvalue weighted by atomic mass is 16.2. The number of carbonyl (C=O) groups excluding carboxylic acids is 1. The van der Waals surface area contributed by atoms with Crippen molar-refractivity contribution in [2.45, 2.75) is 26.8 Å². The van der Waals surface area contributed by atoms with Gasteiger partial charge in [0.1, 0.15) is 0 Å². The molecular formula is C15H19N3O. The fourth-order valence-corrected chi connectivity index (χ4v) is 1.84. The Morgan fingerprint density at radius 3 is 2.74 bits per heavy atom. The zero-order valence-corrected chi connectivity index (χ0v) is 11.5. The van der Waals surface area contributed by atoms with Gasteiger partial charge in [0.2, 0.25) is 5.91 Å². The fraction of sp³-hybridized carbons (Fsp3) is 0.333. The molecule has 1 aromatic heterocycles. The van der Waals surface area contributed by atoms with Crippen molar-refractivity contribution in [2.24, 2.45) is 11.1 Å². The third kappa shape index (κ3) is 2.90. The maximum atomic E-state index is 12.2. The number of hydrogen-bond donors (Lipinski definition) is 2. The lowest BCUT2D eigenvalue weighted by atomic mass is 9.87. The summed E-state index contributed by atoms with van der Waals surface area (Å²) in [4.78, 5) is 16.2. The van der Waals surface area contributed by atoms with Crippen LogP contribution < -0.4 is 11.1 Å². The van der Waals surface area contributed by atoms with E-state index in [-0.39, 0.29) is 11.3 Å². The Kier molecular flexibility index (Phi) is 3.53. The Balaban J connectivity index is 2.29. The van der Waals surface area contributed by atoms with Gasteiger partial charge in [0, 0.05) is 28.9 Å². The predicted molar refractivity (Wildman–Crippen MR) is 77.8 cm³/mol. The minimum Gasteiger partial charge on any atom is -0.324 e. The Hall–Kier alpha value is -1.94. The SMILES string of the molecule is CC(C)(C)[C@H](N)C(=O)Nc1cccc2cnccc12. The van der Waals surface area contributed by atoms with Crippen LogP contribution in [0.1, 0.15) is 20.8 Å². The van der Waals surface area contributed by atoms with Crippen LogP contribution in [0, 0.1) is 5.41 Å². The zero-order chi connectivity index (χ0) is 14.0. The van der Waals surface area contributed by atoms with E-state index in [0.717, 1.165) is 16.5 Å². The van der Waals surface area contributed by atoms with E-state index in [1.807, 2.05) is 45.0 Å². The fourth-order valence-electron chi connectivity index (χ4n) is 1.84. The van der Waals surface area contributed by atoms with Crippen LogP contribution in [-0.4, -0.2) is 16.9 Å². The molecule has 2 aromatic rings. The van der Waals surface area contributed by atoms with E-state index in [9.17, 15) is 4.79 Å². The first kappa shape index (κ1) is 13.5. The summed E-state index contributed by atoms with van der Waals surface area (Å²) in [7, 11) is 0. The molecule has 1 atom stereocenters. The van der Waals surface area contributed by atoms with Crippen LogP contribution in [0.3, 0.4) is 0 Å². The third-order valence-electron chi connectivity index (χ3n) is 3.15. The highest BCUT2D eigenvalue weighted by Crippen LogP contribution is 2.24. The van der Waals surface area contributed by atoms with Crippen molar-refractivity contribution >= 4 is 22.4 Å². The van der Waals surface area contributed by atoms with E-state index in [2.05, 4.69) is 10.3 Å². The van der Waals surface area contributed by atoms with Crippen molar-refractivity contribution in [2.75, 3.05) is 5.32 Å². The molecule has 2 rings (SSSR count). The maximum Gasteiger partial charge on any atom is 0.241 e. The highest BCUT2D eigenvalue weighted by molar-refractivity contribution is 6.03. The quantitative estimate of drug-likeness (QED) is 0.868. The smallest absolute Gasteiger partial charge is 0.241 e. The summed E-state index contributed by atoms with van der Waals surface area (Å²) in [6.45, 7) is 5.85. The highest BCUT2D eigenvalue weighted by Gasteiger charge is 2.27. The molecule has 0 bridgehead atoms. The van der Waals surface area contributed by atoms with Gasteiger partial charge in [-0.1, -0.05) is 32.9 Å². The van der Waals surface area contributed by atoms with Crippen LogP contribution in [-0.2, 0) is 4.79 Å². The maximum absolute atomic E-state index is 12.2. The Labute approximate surface area is 113 Å². The first-order valence-corrected chi connectivity index (χ1v) is 6.29. The summed E-state index contributed by atoms with van der Waals surface area (Å²) >= 11 is 0. The average molecular weight is 257 g/mol. The number of nitrogens with zero attached hydrogens (tertiary/aromatic N) is 1. The number of amides is 1.